The van der Waals surface area contributed by atoms with Crippen molar-refractivity contribution in [2.24, 2.45) is 5.73 Å². The minimum absolute atomic E-state index is 0. The average Bonchev–Trinajstić information content (AvgIpc) is 2.97. The molecule has 1 atom stereocenters. The largest absolute Gasteiger partial charge is 0.480 e. The van der Waals surface area contributed by atoms with E-state index in [9.17, 15) is 9.90 Å². The highest BCUT2D eigenvalue weighted by molar-refractivity contribution is 7.59. The van der Waals surface area contributed by atoms with Crippen molar-refractivity contribution in [2.45, 2.75) is 25.4 Å². The van der Waals surface area contributed by atoms with Gasteiger partial charge in [0.05, 0.1) is 32.2 Å². The first-order chi connectivity index (χ1) is 20.0. The van der Waals surface area contributed by atoms with Crippen LogP contribution in [0.2, 0.25) is 0 Å². The predicted molar refractivity (Wildman–Crippen MR) is 167 cm³/mol. The zero-order valence-electron chi connectivity index (χ0n) is 23.6. The molecule has 4 rings (SSSR count). The second-order valence-corrected chi connectivity index (χ2v) is 9.86. The standard InChI is InChI=1S/C29H37N9O3.H2S/c30-7-2-9-33-29-34-16-24(17-35-29)23-6-10-32-27(15-23)36-25-5-1-4-22(14-25)18-38-12-11-37(20-28(39)40)19-26(38)21-41-13-3-8-31;/h1,4-6,10,14-17,26H,2-3,7,9,11-13,18-21,30H2,(H,32,36)(H,39,40)(H,33,34,35);1H2. The summed E-state index contributed by atoms with van der Waals surface area (Å²) >= 11 is 0. The minimum atomic E-state index is -0.834. The van der Waals surface area contributed by atoms with Gasteiger partial charge in [0.2, 0.25) is 5.95 Å². The van der Waals surface area contributed by atoms with Crippen molar-refractivity contribution in [1.82, 2.24) is 24.8 Å². The Morgan fingerprint density at radius 2 is 2.00 bits per heavy atom. The summed E-state index contributed by atoms with van der Waals surface area (Å²) in [5.41, 5.74) is 9.40. The monoisotopic (exact) mass is 593 g/mol. The molecular formula is C29H39N9O3S. The highest BCUT2D eigenvalue weighted by atomic mass is 32.1. The van der Waals surface area contributed by atoms with Gasteiger partial charge in [-0.1, -0.05) is 12.1 Å². The molecule has 13 heteroatoms. The third kappa shape index (κ3) is 10.2. The highest BCUT2D eigenvalue weighted by Gasteiger charge is 2.28. The number of anilines is 3. The number of pyridine rings is 1. The number of nitriles is 1. The average molecular weight is 594 g/mol. The molecule has 224 valence electrons. The normalized spacial score (nSPS) is 15.4. The van der Waals surface area contributed by atoms with E-state index in [1.165, 1.54) is 0 Å². The van der Waals surface area contributed by atoms with Gasteiger partial charge in [-0.3, -0.25) is 14.6 Å². The molecular weight excluding hydrogens is 554 g/mol. The van der Waals surface area contributed by atoms with Crippen LogP contribution in [-0.2, 0) is 16.1 Å². The van der Waals surface area contributed by atoms with Crippen LogP contribution in [0.15, 0.2) is 55.0 Å². The lowest BCUT2D eigenvalue weighted by molar-refractivity contribution is -0.139. The Kier molecular flexibility index (Phi) is 13.4. The number of nitrogens with zero attached hydrogens (tertiary/aromatic N) is 6. The number of ether oxygens (including phenoxy) is 1. The SMILES string of the molecule is N#CCCOCC1CN(CC(=O)O)CCN1Cc1cccc(Nc2cc(-c3cnc(NCCCN)nc3)ccn2)c1.S. The van der Waals surface area contributed by atoms with Crippen molar-refractivity contribution in [3.05, 3.63) is 60.6 Å². The number of carboxylic acid groups (broad SMARTS) is 1. The van der Waals surface area contributed by atoms with E-state index in [1.807, 2.05) is 29.2 Å². The van der Waals surface area contributed by atoms with Crippen molar-refractivity contribution in [3.8, 4) is 17.2 Å². The van der Waals surface area contributed by atoms with Gasteiger partial charge < -0.3 is 26.2 Å². The molecule has 1 aliphatic rings. The van der Waals surface area contributed by atoms with Gasteiger partial charge in [0.1, 0.15) is 5.82 Å². The van der Waals surface area contributed by atoms with E-state index in [0.717, 1.165) is 41.9 Å². The van der Waals surface area contributed by atoms with Crippen LogP contribution in [0.3, 0.4) is 0 Å². The predicted octanol–water partition coefficient (Wildman–Crippen LogP) is 2.66. The molecule has 3 heterocycles. The zero-order chi connectivity index (χ0) is 28.9. The first kappa shape index (κ1) is 32.7. The molecule has 12 nitrogen and oxygen atoms in total. The van der Waals surface area contributed by atoms with Gasteiger partial charge in [0.25, 0.3) is 0 Å². The summed E-state index contributed by atoms with van der Waals surface area (Å²) in [5.74, 6) is 0.445. The number of hydrogen-bond acceptors (Lipinski definition) is 11. The summed E-state index contributed by atoms with van der Waals surface area (Å²) in [7, 11) is 0. The number of carbonyl (C=O) groups is 1. The summed E-state index contributed by atoms with van der Waals surface area (Å²) < 4.78 is 5.74. The number of nitrogens with two attached hydrogens (primary N) is 1. The third-order valence-electron chi connectivity index (χ3n) is 6.71. The lowest BCUT2D eigenvalue weighted by atomic mass is 10.1. The van der Waals surface area contributed by atoms with E-state index < -0.39 is 5.97 Å². The van der Waals surface area contributed by atoms with Crippen molar-refractivity contribution < 1.29 is 14.6 Å². The van der Waals surface area contributed by atoms with E-state index in [2.05, 4.69) is 48.7 Å². The first-order valence-corrected chi connectivity index (χ1v) is 13.8. The number of benzene rings is 1. The van der Waals surface area contributed by atoms with Gasteiger partial charge in [-0.15, -0.1) is 0 Å². The third-order valence-corrected chi connectivity index (χ3v) is 6.71. The van der Waals surface area contributed by atoms with Crippen LogP contribution >= 0.6 is 13.5 Å². The number of hydrogen-bond donors (Lipinski definition) is 4. The van der Waals surface area contributed by atoms with Crippen molar-refractivity contribution in [2.75, 3.05) is 63.1 Å². The van der Waals surface area contributed by atoms with Crippen LogP contribution < -0.4 is 16.4 Å². The van der Waals surface area contributed by atoms with Crippen LogP contribution in [-0.4, -0.2) is 94.4 Å². The Morgan fingerprint density at radius 3 is 2.76 bits per heavy atom. The summed E-state index contributed by atoms with van der Waals surface area (Å²) in [6.07, 6.45) is 6.51. The van der Waals surface area contributed by atoms with Gasteiger partial charge in [-0.2, -0.15) is 18.8 Å². The number of carboxylic acids is 1. The second kappa shape index (κ2) is 17.2. The molecule has 0 spiro atoms. The number of nitrogens with one attached hydrogen (secondary N) is 2. The van der Waals surface area contributed by atoms with E-state index in [-0.39, 0.29) is 26.1 Å². The molecule has 1 aromatic carbocycles. The van der Waals surface area contributed by atoms with E-state index in [4.69, 9.17) is 15.7 Å². The van der Waals surface area contributed by atoms with Gasteiger partial charge >= 0.3 is 5.97 Å². The first-order valence-electron chi connectivity index (χ1n) is 13.8. The lowest BCUT2D eigenvalue weighted by Crippen LogP contribution is -2.55. The van der Waals surface area contributed by atoms with E-state index in [0.29, 0.717) is 57.6 Å². The lowest BCUT2D eigenvalue weighted by Gasteiger charge is -2.40. The number of aromatic nitrogens is 3. The number of piperazine rings is 1. The zero-order valence-corrected chi connectivity index (χ0v) is 24.6. The molecule has 0 radical (unpaired) electrons. The van der Waals surface area contributed by atoms with E-state index in [1.54, 1.807) is 18.6 Å². The fraction of sp³-hybridized carbons (Fsp3) is 0.414. The highest BCUT2D eigenvalue weighted by Crippen LogP contribution is 2.24. The summed E-state index contributed by atoms with van der Waals surface area (Å²) in [6.45, 7) is 4.86. The summed E-state index contributed by atoms with van der Waals surface area (Å²) in [6, 6.07) is 14.2. The fourth-order valence-electron chi connectivity index (χ4n) is 4.67. The summed E-state index contributed by atoms with van der Waals surface area (Å²) in [5, 5.41) is 24.6. The van der Waals surface area contributed by atoms with Gasteiger partial charge in [-0.25, -0.2) is 15.0 Å². The molecule has 0 aliphatic carbocycles. The number of aliphatic carboxylic acids is 1. The molecule has 1 aliphatic heterocycles. The minimum Gasteiger partial charge on any atom is -0.480 e. The van der Waals surface area contributed by atoms with Crippen LogP contribution in [0.4, 0.5) is 17.5 Å². The molecule has 5 N–H and O–H groups in total. The van der Waals surface area contributed by atoms with Crippen LogP contribution in [0.25, 0.3) is 11.1 Å². The smallest absolute Gasteiger partial charge is 0.317 e. The van der Waals surface area contributed by atoms with Crippen LogP contribution in [0.5, 0.6) is 0 Å². The van der Waals surface area contributed by atoms with Crippen LogP contribution in [0.1, 0.15) is 18.4 Å². The molecule has 1 fully saturated rings. The Hall–Kier alpha value is -3.80. The second-order valence-electron chi connectivity index (χ2n) is 9.86. The fourth-order valence-corrected chi connectivity index (χ4v) is 4.67. The Balaban J connectivity index is 0.00000484. The maximum Gasteiger partial charge on any atom is 0.317 e. The summed E-state index contributed by atoms with van der Waals surface area (Å²) in [4.78, 5) is 28.8. The molecule has 1 saturated heterocycles. The maximum atomic E-state index is 11.2. The van der Waals surface area contributed by atoms with Gasteiger partial charge in [0.15, 0.2) is 0 Å². The maximum absolute atomic E-state index is 11.2. The quantitative estimate of drug-likeness (QED) is 0.191. The molecule has 0 amide bonds. The van der Waals surface area contributed by atoms with Crippen molar-refractivity contribution in [1.29, 1.82) is 5.26 Å². The molecule has 0 bridgehead atoms. The molecule has 42 heavy (non-hydrogen) atoms. The van der Waals surface area contributed by atoms with E-state index >= 15 is 0 Å². The Bertz CT molecular complexity index is 1310. The van der Waals surface area contributed by atoms with Gasteiger partial charge in [0, 0.05) is 68.6 Å². The van der Waals surface area contributed by atoms with Crippen molar-refractivity contribution in [3.63, 3.8) is 0 Å². The Morgan fingerprint density at radius 1 is 1.17 bits per heavy atom. The Labute approximate surface area is 253 Å². The topological polar surface area (TPSA) is 166 Å². The number of rotatable bonds is 15. The molecule has 2 aromatic heterocycles. The van der Waals surface area contributed by atoms with Crippen molar-refractivity contribution >= 4 is 36.9 Å². The van der Waals surface area contributed by atoms with Gasteiger partial charge in [-0.05, 0) is 48.4 Å². The molecule has 0 saturated carbocycles. The molecule has 3 aromatic rings. The molecule has 1 unspecified atom stereocenters. The van der Waals surface area contributed by atoms with Crippen LogP contribution in [0, 0.1) is 11.3 Å².